The molecule has 0 N–H and O–H groups in total. The number of allylic oxidation sites excluding steroid dienone is 1. The monoisotopic (exact) mass is 301 g/mol. The van der Waals surface area contributed by atoms with Gasteiger partial charge in [-0.05, 0) is 47.6 Å². The molecule has 0 aliphatic rings. The highest BCUT2D eigenvalue weighted by molar-refractivity contribution is 5.99. The van der Waals surface area contributed by atoms with Crippen molar-refractivity contribution in [3.8, 4) is 0 Å². The first kappa shape index (κ1) is 18.3. The van der Waals surface area contributed by atoms with Gasteiger partial charge in [0.15, 0.2) is 5.78 Å². The van der Waals surface area contributed by atoms with Crippen LogP contribution >= 0.6 is 0 Å². The minimum Gasteiger partial charge on any atom is -0.295 e. The van der Waals surface area contributed by atoms with Crippen LogP contribution in [0.2, 0.25) is 0 Å². The number of nitrogens with zero attached hydrogens (tertiary/aromatic N) is 1. The zero-order valence-electron chi connectivity index (χ0n) is 14.0. The van der Waals surface area contributed by atoms with Crippen molar-refractivity contribution in [1.29, 1.82) is 0 Å². The summed E-state index contributed by atoms with van der Waals surface area (Å²) in [4.78, 5) is 22.8. The zero-order chi connectivity index (χ0) is 16.4. The van der Waals surface area contributed by atoms with Crippen LogP contribution in [0.25, 0.3) is 6.08 Å². The number of Topliss-reactive ketones (excluding diaryl/α,β-unsaturated/α-hetero) is 1. The van der Waals surface area contributed by atoms with E-state index in [2.05, 4.69) is 19.0 Å². The van der Waals surface area contributed by atoms with Gasteiger partial charge in [0.25, 0.3) is 0 Å². The number of hydrogen-bond donors (Lipinski definition) is 0. The molecule has 22 heavy (non-hydrogen) atoms. The molecular formula is C19H27NO2. The maximum atomic E-state index is 12.4. The first-order chi connectivity index (χ1) is 10.7. The fourth-order valence-corrected chi connectivity index (χ4v) is 2.82. The molecule has 0 aliphatic carbocycles. The molecule has 0 bridgehead atoms. The molecule has 0 aliphatic heterocycles. The standard InChI is InChI=1S/C19H27NO2/c1-4-8-17(9-5-2)18(19(21)6-3)13-15-10-7-11-16(12-15)14-20-22/h7,10-13,17H,4-6,8-9,14H2,1-3H3/b18-13+. The maximum Gasteiger partial charge on any atom is 0.158 e. The van der Waals surface area contributed by atoms with E-state index >= 15 is 0 Å². The van der Waals surface area contributed by atoms with Gasteiger partial charge in [-0.3, -0.25) is 4.79 Å². The fourth-order valence-electron chi connectivity index (χ4n) is 2.82. The summed E-state index contributed by atoms with van der Waals surface area (Å²) in [7, 11) is 0. The Balaban J connectivity index is 3.16. The van der Waals surface area contributed by atoms with Crippen molar-refractivity contribution < 1.29 is 4.79 Å². The molecule has 0 atom stereocenters. The Morgan fingerprint density at radius 2 is 1.86 bits per heavy atom. The molecule has 0 heterocycles. The summed E-state index contributed by atoms with van der Waals surface area (Å²) in [5.41, 5.74) is 2.80. The third-order valence-corrected chi connectivity index (χ3v) is 3.88. The quantitative estimate of drug-likeness (QED) is 0.421. The second-order valence-electron chi connectivity index (χ2n) is 5.68. The van der Waals surface area contributed by atoms with E-state index in [1.807, 2.05) is 37.3 Å². The van der Waals surface area contributed by atoms with Gasteiger partial charge in [-0.2, -0.15) is 4.91 Å². The van der Waals surface area contributed by atoms with Crippen LogP contribution in [0.4, 0.5) is 0 Å². The van der Waals surface area contributed by atoms with Gasteiger partial charge in [0.1, 0.15) is 6.54 Å². The number of ketones is 1. The van der Waals surface area contributed by atoms with Crippen LogP contribution in [0, 0.1) is 10.8 Å². The molecule has 0 saturated heterocycles. The lowest BCUT2D eigenvalue weighted by Gasteiger charge is -2.18. The fraction of sp³-hybridized carbons (Fsp3) is 0.526. The van der Waals surface area contributed by atoms with Crippen molar-refractivity contribution in [2.24, 2.45) is 11.1 Å². The summed E-state index contributed by atoms with van der Waals surface area (Å²) in [6, 6.07) is 7.72. The predicted molar refractivity (Wildman–Crippen MR) is 92.5 cm³/mol. The largest absolute Gasteiger partial charge is 0.295 e. The van der Waals surface area contributed by atoms with Crippen LogP contribution in [0.5, 0.6) is 0 Å². The lowest BCUT2D eigenvalue weighted by atomic mass is 9.85. The van der Waals surface area contributed by atoms with E-state index in [-0.39, 0.29) is 12.3 Å². The summed E-state index contributed by atoms with van der Waals surface area (Å²) in [5.74, 6) is 0.557. The molecule has 0 saturated carbocycles. The maximum absolute atomic E-state index is 12.4. The van der Waals surface area contributed by atoms with Crippen molar-refractivity contribution in [3.63, 3.8) is 0 Å². The highest BCUT2D eigenvalue weighted by Crippen LogP contribution is 2.26. The summed E-state index contributed by atoms with van der Waals surface area (Å²) in [5, 5.41) is 2.93. The number of nitroso groups, excluding NO2 is 1. The molecule has 1 aromatic rings. The second-order valence-corrected chi connectivity index (χ2v) is 5.68. The van der Waals surface area contributed by atoms with Crippen LogP contribution in [0.15, 0.2) is 35.0 Å². The van der Waals surface area contributed by atoms with Gasteiger partial charge in [-0.25, -0.2) is 0 Å². The normalized spacial score (nSPS) is 11.7. The Hall–Kier alpha value is -1.77. The molecule has 0 radical (unpaired) electrons. The van der Waals surface area contributed by atoms with Crippen LogP contribution in [0.1, 0.15) is 64.0 Å². The molecule has 3 heteroatoms. The zero-order valence-corrected chi connectivity index (χ0v) is 14.0. The van der Waals surface area contributed by atoms with E-state index < -0.39 is 0 Å². The van der Waals surface area contributed by atoms with Gasteiger partial charge in [0, 0.05) is 6.42 Å². The minimum atomic E-state index is 0.173. The van der Waals surface area contributed by atoms with Gasteiger partial charge < -0.3 is 0 Å². The Kier molecular flexibility index (Phi) is 8.34. The number of carbonyl (C=O) groups is 1. The highest BCUT2D eigenvalue weighted by Gasteiger charge is 2.18. The van der Waals surface area contributed by atoms with Crippen LogP contribution < -0.4 is 0 Å². The first-order valence-corrected chi connectivity index (χ1v) is 8.29. The molecule has 0 spiro atoms. The molecule has 0 unspecified atom stereocenters. The topological polar surface area (TPSA) is 46.5 Å². The molecule has 120 valence electrons. The lowest BCUT2D eigenvalue weighted by Crippen LogP contribution is -2.12. The third-order valence-electron chi connectivity index (χ3n) is 3.88. The molecule has 0 fully saturated rings. The van der Waals surface area contributed by atoms with Gasteiger partial charge in [0.2, 0.25) is 0 Å². The van der Waals surface area contributed by atoms with Crippen LogP contribution in [-0.2, 0) is 11.3 Å². The van der Waals surface area contributed by atoms with Crippen molar-refractivity contribution in [2.75, 3.05) is 0 Å². The second kappa shape index (κ2) is 10.0. The Labute approximate surface area is 133 Å². The lowest BCUT2D eigenvalue weighted by molar-refractivity contribution is -0.115. The Morgan fingerprint density at radius 1 is 1.18 bits per heavy atom. The molecule has 3 nitrogen and oxygen atoms in total. The van der Waals surface area contributed by atoms with Gasteiger partial charge in [0.05, 0.1) is 0 Å². The van der Waals surface area contributed by atoms with E-state index in [9.17, 15) is 9.70 Å². The van der Waals surface area contributed by atoms with Gasteiger partial charge >= 0.3 is 0 Å². The van der Waals surface area contributed by atoms with E-state index in [4.69, 9.17) is 0 Å². The van der Waals surface area contributed by atoms with Crippen molar-refractivity contribution >= 4 is 11.9 Å². The van der Waals surface area contributed by atoms with E-state index in [0.717, 1.165) is 42.4 Å². The Bertz CT molecular complexity index is 514. The van der Waals surface area contributed by atoms with E-state index in [0.29, 0.717) is 12.3 Å². The summed E-state index contributed by atoms with van der Waals surface area (Å²) < 4.78 is 0. The average Bonchev–Trinajstić information content (AvgIpc) is 2.52. The first-order valence-electron chi connectivity index (χ1n) is 8.29. The number of hydrogen-bond acceptors (Lipinski definition) is 3. The number of benzene rings is 1. The minimum absolute atomic E-state index is 0.173. The summed E-state index contributed by atoms with van der Waals surface area (Å²) in [6.45, 7) is 6.41. The molecule has 0 aromatic heterocycles. The van der Waals surface area contributed by atoms with Crippen molar-refractivity contribution in [1.82, 2.24) is 0 Å². The van der Waals surface area contributed by atoms with Crippen molar-refractivity contribution in [2.45, 2.75) is 59.4 Å². The number of rotatable bonds is 10. The van der Waals surface area contributed by atoms with Crippen molar-refractivity contribution in [3.05, 3.63) is 45.9 Å². The van der Waals surface area contributed by atoms with Gasteiger partial charge in [-0.15, -0.1) is 0 Å². The average molecular weight is 301 g/mol. The Morgan fingerprint density at radius 3 is 2.41 bits per heavy atom. The molecule has 0 amide bonds. The van der Waals surface area contributed by atoms with Gasteiger partial charge in [-0.1, -0.05) is 57.0 Å². The molecule has 1 rings (SSSR count). The summed E-state index contributed by atoms with van der Waals surface area (Å²) in [6.07, 6.45) is 6.78. The van der Waals surface area contributed by atoms with E-state index in [1.54, 1.807) is 0 Å². The SMILES string of the molecule is CCCC(CCC)/C(=C\c1cccc(CN=O)c1)C(=O)CC. The van der Waals surface area contributed by atoms with Crippen LogP contribution in [-0.4, -0.2) is 5.78 Å². The van der Waals surface area contributed by atoms with E-state index in [1.165, 1.54) is 0 Å². The molecule has 1 aromatic carbocycles. The number of carbonyl (C=O) groups excluding carboxylic acids is 1. The van der Waals surface area contributed by atoms with Crippen LogP contribution in [0.3, 0.4) is 0 Å². The summed E-state index contributed by atoms with van der Waals surface area (Å²) >= 11 is 0. The predicted octanol–water partition coefficient (Wildman–Crippen LogP) is 5.53. The highest BCUT2D eigenvalue weighted by atomic mass is 16.3. The molecular weight excluding hydrogens is 274 g/mol. The third kappa shape index (κ3) is 5.55. The smallest absolute Gasteiger partial charge is 0.158 e.